The van der Waals surface area contributed by atoms with Gasteiger partial charge in [0.25, 0.3) is 0 Å². The molecule has 1 amide bonds. The number of halogens is 2. The van der Waals surface area contributed by atoms with E-state index in [-0.39, 0.29) is 53.2 Å². The summed E-state index contributed by atoms with van der Waals surface area (Å²) in [6.07, 6.45) is 1.18. The van der Waals surface area contributed by atoms with Gasteiger partial charge in [-0.25, -0.2) is 13.6 Å². The van der Waals surface area contributed by atoms with Crippen LogP contribution in [0.3, 0.4) is 0 Å². The number of hydrogen-bond acceptors (Lipinski definition) is 6. The third-order valence-electron chi connectivity index (χ3n) is 7.77. The number of nitrogens with one attached hydrogen (secondary N) is 1. The summed E-state index contributed by atoms with van der Waals surface area (Å²) in [4.78, 5) is 27.1. The molecule has 1 saturated heterocycles. The summed E-state index contributed by atoms with van der Waals surface area (Å²) >= 11 is 0. The quantitative estimate of drug-likeness (QED) is 0.327. The fourth-order valence-electron chi connectivity index (χ4n) is 5.56. The molecule has 1 aliphatic heterocycles. The van der Waals surface area contributed by atoms with E-state index in [4.69, 9.17) is 9.47 Å². The molecule has 1 heterocycles. The van der Waals surface area contributed by atoms with Crippen LogP contribution < -0.4 is 10.1 Å². The molecule has 3 aromatic rings. The minimum absolute atomic E-state index is 0.0180. The van der Waals surface area contributed by atoms with Gasteiger partial charge in [-0.05, 0) is 61.2 Å². The van der Waals surface area contributed by atoms with Crippen LogP contribution in [0.5, 0.6) is 5.75 Å². The molecule has 3 aromatic carbocycles. The van der Waals surface area contributed by atoms with Crippen LogP contribution >= 0.6 is 0 Å². The fraction of sp³-hybridized carbons (Fsp3) is 0.394. The first kappa shape index (κ1) is 29.7. The van der Waals surface area contributed by atoms with Crippen LogP contribution in [0.4, 0.5) is 8.78 Å². The summed E-state index contributed by atoms with van der Waals surface area (Å²) in [5.74, 6) is -1.59. The van der Waals surface area contributed by atoms with Crippen molar-refractivity contribution in [3.63, 3.8) is 0 Å². The predicted molar refractivity (Wildman–Crippen MR) is 154 cm³/mol. The topological polar surface area (TPSA) is 77.1 Å². The second-order valence-corrected chi connectivity index (χ2v) is 11.2. The molecule has 2 aliphatic rings. The molecule has 1 saturated carbocycles. The molecular weight excluding hydrogens is 542 g/mol. The lowest BCUT2D eigenvalue weighted by Gasteiger charge is -2.35. The average Bonchev–Trinajstić information content (AvgIpc) is 3.75. The minimum atomic E-state index is -0.840. The van der Waals surface area contributed by atoms with Crippen LogP contribution in [0.15, 0.2) is 60.7 Å². The Kier molecular flexibility index (Phi) is 9.18. The zero-order chi connectivity index (χ0) is 29.8. The molecule has 0 bridgehead atoms. The number of hydrogen-bond donors (Lipinski definition) is 1. The van der Waals surface area contributed by atoms with E-state index in [1.807, 2.05) is 12.1 Å². The lowest BCUT2D eigenvalue weighted by molar-refractivity contribution is -0.122. The highest BCUT2D eigenvalue weighted by molar-refractivity contribution is 5.97. The van der Waals surface area contributed by atoms with Crippen LogP contribution in [-0.4, -0.2) is 55.8 Å². The molecule has 222 valence electrons. The smallest absolute Gasteiger partial charge is 0.341 e. The van der Waals surface area contributed by atoms with Gasteiger partial charge in [-0.1, -0.05) is 36.4 Å². The number of rotatable bonds is 10. The Morgan fingerprint density at radius 3 is 2.43 bits per heavy atom. The third kappa shape index (κ3) is 7.14. The van der Waals surface area contributed by atoms with Crippen molar-refractivity contribution in [2.75, 3.05) is 26.8 Å². The second-order valence-electron chi connectivity index (χ2n) is 11.2. The number of benzene rings is 3. The lowest BCUT2D eigenvalue weighted by Crippen LogP contribution is -2.44. The number of carbonyl (C=O) groups excluding carboxylic acids is 2. The Morgan fingerprint density at radius 1 is 1.00 bits per heavy atom. The number of nitrogens with zero attached hydrogens (tertiary/aromatic N) is 1. The van der Waals surface area contributed by atoms with E-state index in [0.29, 0.717) is 18.6 Å². The second kappa shape index (κ2) is 13.0. The number of morpholine rings is 1. The molecule has 0 aromatic heterocycles. The molecule has 1 aliphatic carbocycles. The normalized spacial score (nSPS) is 21.9. The molecular formula is C33H36F2N2O5. The maximum Gasteiger partial charge on any atom is 0.341 e. The summed E-state index contributed by atoms with van der Waals surface area (Å²) < 4.78 is 45.6. The summed E-state index contributed by atoms with van der Waals surface area (Å²) in [6, 6.07) is 16.5. The van der Waals surface area contributed by atoms with Gasteiger partial charge < -0.3 is 19.5 Å². The van der Waals surface area contributed by atoms with Crippen molar-refractivity contribution in [1.29, 1.82) is 0 Å². The Bertz CT molecular complexity index is 1420. The summed E-state index contributed by atoms with van der Waals surface area (Å²) in [5, 5.41) is 2.81. The first-order chi connectivity index (χ1) is 20.2. The van der Waals surface area contributed by atoms with Crippen molar-refractivity contribution < 1.29 is 32.6 Å². The van der Waals surface area contributed by atoms with Gasteiger partial charge in [0.15, 0.2) is 0 Å². The Balaban J connectivity index is 1.08. The zero-order valence-electron chi connectivity index (χ0n) is 24.1. The molecule has 0 spiro atoms. The fourth-order valence-corrected chi connectivity index (χ4v) is 5.56. The summed E-state index contributed by atoms with van der Waals surface area (Å²) in [7, 11) is 1.16. The standard InChI is InChI=1S/C33H36F2N2O5/c1-20-16-37(17-21(2)42-20)18-22-7-11-26(12-8-22)41-19-25-13-28(25)32(38)36-15-24-10-9-23(14-30(24)35)27-5-4-6-29(34)31(27)33(39)40-3/h4-12,14,20-21,25,28H,13,15-19H2,1-3H3,(H,36,38). The number of ether oxygens (including phenoxy) is 3. The maximum absolute atomic E-state index is 14.9. The first-order valence-electron chi connectivity index (χ1n) is 14.2. The largest absolute Gasteiger partial charge is 0.493 e. The molecule has 7 nitrogen and oxygen atoms in total. The number of amides is 1. The number of esters is 1. The van der Waals surface area contributed by atoms with Crippen molar-refractivity contribution >= 4 is 11.9 Å². The van der Waals surface area contributed by atoms with Crippen LogP contribution in [0.1, 0.15) is 41.8 Å². The molecule has 4 unspecified atom stereocenters. The van der Waals surface area contributed by atoms with Gasteiger partial charge in [-0.3, -0.25) is 9.69 Å². The summed E-state index contributed by atoms with van der Waals surface area (Å²) in [6.45, 7) is 7.35. The van der Waals surface area contributed by atoms with Gasteiger partial charge in [-0.15, -0.1) is 0 Å². The van der Waals surface area contributed by atoms with E-state index in [0.717, 1.165) is 38.6 Å². The van der Waals surface area contributed by atoms with Crippen molar-refractivity contribution in [1.82, 2.24) is 10.2 Å². The van der Waals surface area contributed by atoms with E-state index in [1.165, 1.54) is 29.8 Å². The van der Waals surface area contributed by atoms with Gasteiger partial charge in [0, 0.05) is 43.6 Å². The highest BCUT2D eigenvalue weighted by Crippen LogP contribution is 2.39. The highest BCUT2D eigenvalue weighted by atomic mass is 19.1. The van der Waals surface area contributed by atoms with Crippen molar-refractivity contribution in [2.24, 2.45) is 11.8 Å². The van der Waals surface area contributed by atoms with E-state index in [9.17, 15) is 18.4 Å². The number of methoxy groups -OCH3 is 1. The molecule has 9 heteroatoms. The minimum Gasteiger partial charge on any atom is -0.493 e. The van der Waals surface area contributed by atoms with Gasteiger partial charge in [0.2, 0.25) is 5.91 Å². The predicted octanol–water partition coefficient (Wildman–Crippen LogP) is 5.36. The zero-order valence-corrected chi connectivity index (χ0v) is 24.1. The molecule has 5 rings (SSSR count). The first-order valence-corrected chi connectivity index (χ1v) is 14.2. The lowest BCUT2D eigenvalue weighted by atomic mass is 9.98. The van der Waals surface area contributed by atoms with Crippen molar-refractivity contribution in [3.8, 4) is 16.9 Å². The Labute approximate surface area is 244 Å². The van der Waals surface area contributed by atoms with E-state index in [1.54, 1.807) is 6.07 Å². The van der Waals surface area contributed by atoms with Crippen LogP contribution in [0.25, 0.3) is 11.1 Å². The van der Waals surface area contributed by atoms with Gasteiger partial charge in [0.1, 0.15) is 22.9 Å². The van der Waals surface area contributed by atoms with E-state index in [2.05, 4.69) is 40.9 Å². The van der Waals surface area contributed by atoms with Crippen LogP contribution in [0, 0.1) is 23.5 Å². The highest BCUT2D eigenvalue weighted by Gasteiger charge is 2.43. The van der Waals surface area contributed by atoms with Gasteiger partial charge in [-0.2, -0.15) is 0 Å². The maximum atomic E-state index is 14.9. The SMILES string of the molecule is COC(=O)c1c(F)cccc1-c1ccc(CNC(=O)C2CC2COc2ccc(CN3CC(C)OC(C)C3)cc2)c(F)c1. The van der Waals surface area contributed by atoms with Crippen molar-refractivity contribution in [3.05, 3.63) is 89.0 Å². The van der Waals surface area contributed by atoms with Crippen LogP contribution in [-0.2, 0) is 27.4 Å². The molecule has 4 atom stereocenters. The summed E-state index contributed by atoms with van der Waals surface area (Å²) in [5.41, 5.74) is 1.81. The van der Waals surface area contributed by atoms with Crippen LogP contribution in [0.2, 0.25) is 0 Å². The van der Waals surface area contributed by atoms with Gasteiger partial charge >= 0.3 is 5.97 Å². The van der Waals surface area contributed by atoms with Gasteiger partial charge in [0.05, 0.1) is 25.9 Å². The monoisotopic (exact) mass is 578 g/mol. The third-order valence-corrected chi connectivity index (χ3v) is 7.77. The van der Waals surface area contributed by atoms with Crippen molar-refractivity contribution in [2.45, 2.75) is 45.6 Å². The molecule has 2 fully saturated rings. The molecule has 0 radical (unpaired) electrons. The Morgan fingerprint density at radius 2 is 1.74 bits per heavy atom. The Hall–Kier alpha value is -3.82. The van der Waals surface area contributed by atoms with E-state index >= 15 is 0 Å². The van der Waals surface area contributed by atoms with E-state index < -0.39 is 17.6 Å². The molecule has 42 heavy (non-hydrogen) atoms. The number of carbonyl (C=O) groups is 2. The average molecular weight is 579 g/mol. The molecule has 1 N–H and O–H groups in total.